The highest BCUT2D eigenvalue weighted by Gasteiger charge is 2.27. The average molecular weight is 318 g/mol. The van der Waals surface area contributed by atoms with Gasteiger partial charge in [0.05, 0.1) is 35.2 Å². The minimum atomic E-state index is -0.0747. The molecule has 0 radical (unpaired) electrons. The van der Waals surface area contributed by atoms with Crippen molar-refractivity contribution in [1.29, 1.82) is 0 Å². The minimum absolute atomic E-state index is 0.0747. The van der Waals surface area contributed by atoms with Gasteiger partial charge in [0, 0.05) is 26.2 Å². The average Bonchev–Trinajstić information content (AvgIpc) is 2.58. The normalized spacial score (nSPS) is 25.6. The zero-order valence-electron chi connectivity index (χ0n) is 11.1. The molecule has 6 heteroatoms. The maximum Gasteiger partial charge on any atom is 0.0933 e. The minimum Gasteiger partial charge on any atom is -0.394 e. The first-order chi connectivity index (χ1) is 8.52. The summed E-state index contributed by atoms with van der Waals surface area (Å²) in [5.41, 5.74) is 2.17. The molecule has 1 aliphatic rings. The van der Waals surface area contributed by atoms with Crippen molar-refractivity contribution in [2.75, 3.05) is 19.8 Å². The second-order valence-corrected chi connectivity index (χ2v) is 5.68. The molecule has 0 spiro atoms. The lowest BCUT2D eigenvalue weighted by Crippen LogP contribution is -2.49. The van der Waals surface area contributed by atoms with Crippen molar-refractivity contribution < 1.29 is 9.84 Å². The quantitative estimate of drug-likeness (QED) is 0.906. The number of nitrogens with zero attached hydrogens (tertiary/aromatic N) is 3. The van der Waals surface area contributed by atoms with Crippen molar-refractivity contribution in [2.24, 2.45) is 7.05 Å². The number of halogens is 1. The smallest absolute Gasteiger partial charge is 0.0933 e. The largest absolute Gasteiger partial charge is 0.394 e. The lowest BCUT2D eigenvalue weighted by atomic mass is 10.2. The van der Waals surface area contributed by atoms with Gasteiger partial charge in [-0.15, -0.1) is 0 Å². The summed E-state index contributed by atoms with van der Waals surface area (Å²) in [7, 11) is 1.96. The van der Waals surface area contributed by atoms with Gasteiger partial charge in [-0.2, -0.15) is 5.10 Å². The first-order valence-electron chi connectivity index (χ1n) is 6.17. The molecule has 0 bridgehead atoms. The standard InChI is InChI=1S/C12H20BrN3O2/c1-8-7-18-10(6-17)4-16(8)5-11-12(13)9(2)14-15(11)3/h8,10,17H,4-7H2,1-3H3. The molecule has 1 N–H and O–H groups in total. The summed E-state index contributed by atoms with van der Waals surface area (Å²) in [6.07, 6.45) is -0.0747. The Morgan fingerprint density at radius 2 is 2.28 bits per heavy atom. The first-order valence-corrected chi connectivity index (χ1v) is 6.96. The second kappa shape index (κ2) is 5.69. The Balaban J connectivity index is 2.11. The molecule has 0 saturated carbocycles. The van der Waals surface area contributed by atoms with Crippen LogP contribution in [-0.4, -0.2) is 51.7 Å². The number of hydrogen-bond acceptors (Lipinski definition) is 4. The highest BCUT2D eigenvalue weighted by Crippen LogP contribution is 2.23. The molecule has 0 aliphatic carbocycles. The molecule has 5 nitrogen and oxygen atoms in total. The van der Waals surface area contributed by atoms with E-state index in [2.05, 4.69) is 32.9 Å². The van der Waals surface area contributed by atoms with Crippen molar-refractivity contribution >= 4 is 15.9 Å². The van der Waals surface area contributed by atoms with Crippen LogP contribution in [0.15, 0.2) is 4.47 Å². The Kier molecular flexibility index (Phi) is 4.42. The SMILES string of the molecule is Cc1nn(C)c(CN2CC(CO)OCC2C)c1Br. The van der Waals surface area contributed by atoms with Gasteiger partial charge in [-0.1, -0.05) is 0 Å². The maximum absolute atomic E-state index is 9.20. The van der Waals surface area contributed by atoms with Crippen LogP contribution in [0.5, 0.6) is 0 Å². The molecule has 18 heavy (non-hydrogen) atoms. The number of morpholine rings is 1. The zero-order chi connectivity index (χ0) is 13.3. The summed E-state index contributed by atoms with van der Waals surface area (Å²) in [6.45, 7) is 6.46. The molecule has 1 saturated heterocycles. The van der Waals surface area contributed by atoms with Crippen molar-refractivity contribution in [3.63, 3.8) is 0 Å². The molecule has 2 atom stereocenters. The Morgan fingerprint density at radius 3 is 2.83 bits per heavy atom. The second-order valence-electron chi connectivity index (χ2n) is 4.89. The number of rotatable bonds is 3. The highest BCUT2D eigenvalue weighted by atomic mass is 79.9. The van der Waals surface area contributed by atoms with Crippen LogP contribution in [0.4, 0.5) is 0 Å². The van der Waals surface area contributed by atoms with Gasteiger partial charge in [0.25, 0.3) is 0 Å². The lowest BCUT2D eigenvalue weighted by molar-refractivity contribution is -0.0811. The van der Waals surface area contributed by atoms with Gasteiger partial charge in [-0.05, 0) is 29.8 Å². The Bertz CT molecular complexity index is 422. The van der Waals surface area contributed by atoms with E-state index in [-0.39, 0.29) is 12.7 Å². The Hall–Kier alpha value is -0.430. The third-order valence-corrected chi connectivity index (χ3v) is 4.48. The van der Waals surface area contributed by atoms with Gasteiger partial charge in [0.1, 0.15) is 0 Å². The molecule has 2 rings (SSSR count). The van der Waals surface area contributed by atoms with Gasteiger partial charge in [0.15, 0.2) is 0 Å². The summed E-state index contributed by atoms with van der Waals surface area (Å²) in [5.74, 6) is 0. The third kappa shape index (κ3) is 2.77. The van der Waals surface area contributed by atoms with E-state index in [4.69, 9.17) is 4.74 Å². The lowest BCUT2D eigenvalue weighted by Gasteiger charge is -2.37. The Labute approximate surface area is 116 Å². The number of hydrogen-bond donors (Lipinski definition) is 1. The van der Waals surface area contributed by atoms with Crippen LogP contribution in [-0.2, 0) is 18.3 Å². The van der Waals surface area contributed by atoms with Gasteiger partial charge < -0.3 is 9.84 Å². The molecule has 2 heterocycles. The molecular formula is C12H20BrN3O2. The fraction of sp³-hybridized carbons (Fsp3) is 0.750. The van der Waals surface area contributed by atoms with Gasteiger partial charge >= 0.3 is 0 Å². The molecule has 0 aromatic carbocycles. The number of aromatic nitrogens is 2. The molecule has 1 aliphatic heterocycles. The van der Waals surface area contributed by atoms with Crippen LogP contribution in [0.2, 0.25) is 0 Å². The van der Waals surface area contributed by atoms with Crippen molar-refractivity contribution in [2.45, 2.75) is 32.5 Å². The summed E-state index contributed by atoms with van der Waals surface area (Å²) < 4.78 is 8.53. The predicted octanol–water partition coefficient (Wildman–Crippen LogP) is 1.07. The van der Waals surface area contributed by atoms with Crippen LogP contribution in [0.25, 0.3) is 0 Å². The van der Waals surface area contributed by atoms with E-state index >= 15 is 0 Å². The van der Waals surface area contributed by atoms with E-state index in [9.17, 15) is 5.11 Å². The molecular weight excluding hydrogens is 298 g/mol. The molecule has 1 aromatic rings. The topological polar surface area (TPSA) is 50.5 Å². The van der Waals surface area contributed by atoms with Gasteiger partial charge in [0.2, 0.25) is 0 Å². The molecule has 1 fully saturated rings. The van der Waals surface area contributed by atoms with Crippen LogP contribution in [0.3, 0.4) is 0 Å². The van der Waals surface area contributed by atoms with E-state index in [0.717, 1.165) is 29.0 Å². The van der Waals surface area contributed by atoms with E-state index in [0.29, 0.717) is 12.6 Å². The van der Waals surface area contributed by atoms with Crippen molar-refractivity contribution in [3.05, 3.63) is 15.9 Å². The fourth-order valence-corrected chi connectivity index (χ4v) is 2.71. The summed E-state index contributed by atoms with van der Waals surface area (Å²) >= 11 is 3.59. The fourth-order valence-electron chi connectivity index (χ4n) is 2.25. The number of aliphatic hydroxyl groups excluding tert-OH is 1. The van der Waals surface area contributed by atoms with Crippen LogP contribution in [0.1, 0.15) is 18.3 Å². The monoisotopic (exact) mass is 317 g/mol. The van der Waals surface area contributed by atoms with Crippen LogP contribution < -0.4 is 0 Å². The van der Waals surface area contributed by atoms with E-state index < -0.39 is 0 Å². The van der Waals surface area contributed by atoms with Crippen LogP contribution >= 0.6 is 15.9 Å². The zero-order valence-corrected chi connectivity index (χ0v) is 12.6. The van der Waals surface area contributed by atoms with Gasteiger partial charge in [-0.3, -0.25) is 9.58 Å². The number of ether oxygens (including phenoxy) is 1. The van der Waals surface area contributed by atoms with E-state index in [1.165, 1.54) is 0 Å². The highest BCUT2D eigenvalue weighted by molar-refractivity contribution is 9.10. The maximum atomic E-state index is 9.20. The van der Waals surface area contributed by atoms with Gasteiger partial charge in [-0.25, -0.2) is 0 Å². The first kappa shape index (κ1) is 14.0. The Morgan fingerprint density at radius 1 is 1.56 bits per heavy atom. The van der Waals surface area contributed by atoms with Crippen molar-refractivity contribution in [3.8, 4) is 0 Å². The molecule has 1 aromatic heterocycles. The summed E-state index contributed by atoms with van der Waals surface area (Å²) in [4.78, 5) is 2.33. The van der Waals surface area contributed by atoms with E-state index in [1.54, 1.807) is 0 Å². The number of aryl methyl sites for hydroxylation is 2. The number of aliphatic hydroxyl groups is 1. The van der Waals surface area contributed by atoms with Crippen molar-refractivity contribution in [1.82, 2.24) is 14.7 Å². The summed E-state index contributed by atoms with van der Waals surface area (Å²) in [5, 5.41) is 13.6. The third-order valence-electron chi connectivity index (χ3n) is 3.45. The van der Waals surface area contributed by atoms with E-state index in [1.807, 2.05) is 18.7 Å². The predicted molar refractivity (Wildman–Crippen MR) is 72.3 cm³/mol. The molecule has 2 unspecified atom stereocenters. The molecule has 0 amide bonds. The molecule has 102 valence electrons. The van der Waals surface area contributed by atoms with Crippen LogP contribution in [0, 0.1) is 6.92 Å². The summed E-state index contributed by atoms with van der Waals surface area (Å²) in [6, 6.07) is 0.356.